The number of carbonyl (C=O) groups excluding carboxylic acids is 1. The summed E-state index contributed by atoms with van der Waals surface area (Å²) in [7, 11) is 0.842. The Morgan fingerprint density at radius 3 is 2.60 bits per heavy atom. The smallest absolute Gasteiger partial charge is 0.337 e. The Hall–Kier alpha value is -3.56. The number of sulfonamides is 1. The van der Waals surface area contributed by atoms with Gasteiger partial charge in [-0.3, -0.25) is 0 Å². The molecule has 1 aromatic heterocycles. The molecule has 0 fully saturated rings. The highest BCUT2D eigenvalue weighted by molar-refractivity contribution is 7.89. The third-order valence-corrected chi connectivity index (χ3v) is 7.82. The van der Waals surface area contributed by atoms with E-state index in [1.807, 2.05) is 19.1 Å². The molecule has 8 nitrogen and oxygen atoms in total. The Balaban J connectivity index is 1.91. The Morgan fingerprint density at radius 1 is 1.14 bits per heavy atom. The van der Waals surface area contributed by atoms with Crippen LogP contribution in [0.5, 0.6) is 0 Å². The molecule has 4 rings (SSSR count). The number of carbonyl (C=O) groups is 1. The summed E-state index contributed by atoms with van der Waals surface area (Å²) in [5.41, 5.74) is 5.01. The molecule has 0 bridgehead atoms. The maximum Gasteiger partial charge on any atom is 0.337 e. The van der Waals surface area contributed by atoms with Crippen LogP contribution in [0.4, 0.5) is 11.5 Å². The van der Waals surface area contributed by atoms with E-state index in [0.717, 1.165) is 29.7 Å². The number of nitrogens with zero attached hydrogens (tertiary/aromatic N) is 4. The first-order valence-corrected chi connectivity index (χ1v) is 12.6. The minimum absolute atomic E-state index is 0.262. The standard InChI is InChI=1S/C26H28N4O4S/c1-6-8-17(2)24-25(28-22-16-19(26(31)34-5)10-12-21(22)27-24)30-14-7-9-18-15-20(11-13-23(18)30)35(32,33)29(3)4/h6,8,10-13,15-16H,1,7,9,14H2,2-5H3/b17-8+. The summed E-state index contributed by atoms with van der Waals surface area (Å²) in [5.74, 6) is 0.194. The average molecular weight is 493 g/mol. The van der Waals surface area contributed by atoms with Crippen molar-refractivity contribution in [1.82, 2.24) is 14.3 Å². The number of hydrogen-bond donors (Lipinski definition) is 0. The van der Waals surface area contributed by atoms with E-state index in [4.69, 9.17) is 14.7 Å². The van der Waals surface area contributed by atoms with Crippen LogP contribution in [0, 0.1) is 0 Å². The second kappa shape index (κ2) is 9.59. The van der Waals surface area contributed by atoms with Crippen molar-refractivity contribution in [2.75, 3.05) is 32.6 Å². The number of esters is 1. The van der Waals surface area contributed by atoms with Crippen LogP contribution in [0.3, 0.4) is 0 Å². The fourth-order valence-corrected chi connectivity index (χ4v) is 5.12. The molecule has 35 heavy (non-hydrogen) atoms. The van der Waals surface area contributed by atoms with E-state index < -0.39 is 16.0 Å². The van der Waals surface area contributed by atoms with Crippen molar-refractivity contribution in [3.63, 3.8) is 0 Å². The van der Waals surface area contributed by atoms with Gasteiger partial charge in [0.1, 0.15) is 5.69 Å². The molecule has 2 aromatic carbocycles. The predicted octanol–water partition coefficient (Wildman–Crippen LogP) is 4.34. The molecule has 2 heterocycles. The van der Waals surface area contributed by atoms with Gasteiger partial charge >= 0.3 is 5.97 Å². The minimum Gasteiger partial charge on any atom is -0.465 e. The third-order valence-electron chi connectivity index (χ3n) is 6.01. The topological polar surface area (TPSA) is 92.7 Å². The van der Waals surface area contributed by atoms with Gasteiger partial charge in [-0.1, -0.05) is 18.7 Å². The van der Waals surface area contributed by atoms with Gasteiger partial charge in [0.25, 0.3) is 0 Å². The van der Waals surface area contributed by atoms with Crippen molar-refractivity contribution >= 4 is 44.1 Å². The summed E-state index contributed by atoms with van der Waals surface area (Å²) in [4.78, 5) is 24.2. The van der Waals surface area contributed by atoms with Crippen LogP contribution < -0.4 is 4.90 Å². The molecule has 0 spiro atoms. The molecule has 1 aliphatic heterocycles. The molecule has 0 saturated heterocycles. The highest BCUT2D eigenvalue weighted by Gasteiger charge is 2.26. The second-order valence-electron chi connectivity index (χ2n) is 8.51. The number of fused-ring (bicyclic) bond motifs is 2. The summed E-state index contributed by atoms with van der Waals surface area (Å²) in [6.07, 6.45) is 5.16. The number of aryl methyl sites for hydroxylation is 1. The van der Waals surface area contributed by atoms with Gasteiger partial charge in [0.05, 0.1) is 28.6 Å². The Bertz CT molecular complexity index is 1460. The highest BCUT2D eigenvalue weighted by Crippen LogP contribution is 2.38. The lowest BCUT2D eigenvalue weighted by Gasteiger charge is -2.32. The normalized spacial score (nSPS) is 14.2. The first-order valence-electron chi connectivity index (χ1n) is 11.2. The first-order chi connectivity index (χ1) is 16.7. The molecule has 0 N–H and O–H groups in total. The van der Waals surface area contributed by atoms with Gasteiger partial charge in [-0.2, -0.15) is 0 Å². The molecular weight excluding hydrogens is 464 g/mol. The molecule has 3 aromatic rings. The first kappa shape index (κ1) is 24.6. The molecule has 1 aliphatic rings. The van der Waals surface area contributed by atoms with Crippen LogP contribution in [0.2, 0.25) is 0 Å². The van der Waals surface area contributed by atoms with Gasteiger partial charge in [0.2, 0.25) is 10.0 Å². The number of rotatable bonds is 6. The van der Waals surface area contributed by atoms with E-state index in [0.29, 0.717) is 34.7 Å². The number of methoxy groups -OCH3 is 1. The van der Waals surface area contributed by atoms with Crippen molar-refractivity contribution in [3.05, 3.63) is 72.0 Å². The van der Waals surface area contributed by atoms with Crippen LogP contribution in [0.25, 0.3) is 16.6 Å². The van der Waals surface area contributed by atoms with E-state index in [9.17, 15) is 13.2 Å². The lowest BCUT2D eigenvalue weighted by Crippen LogP contribution is -2.28. The SMILES string of the molecule is C=C/C=C(\C)c1nc2ccc(C(=O)OC)cc2nc1N1CCCc2cc(S(=O)(=O)N(C)C)ccc21. The van der Waals surface area contributed by atoms with Crippen molar-refractivity contribution in [2.45, 2.75) is 24.7 Å². The van der Waals surface area contributed by atoms with E-state index >= 15 is 0 Å². The largest absolute Gasteiger partial charge is 0.465 e. The molecule has 0 saturated carbocycles. The zero-order chi connectivity index (χ0) is 25.3. The summed E-state index contributed by atoms with van der Waals surface area (Å²) < 4.78 is 31.4. The maximum absolute atomic E-state index is 12.7. The van der Waals surface area contributed by atoms with E-state index in [2.05, 4.69) is 11.5 Å². The van der Waals surface area contributed by atoms with Gasteiger partial charge in [-0.25, -0.2) is 27.5 Å². The number of allylic oxidation sites excluding steroid dienone is 3. The Labute approximate surface area is 205 Å². The molecule has 0 radical (unpaired) electrons. The zero-order valence-corrected chi connectivity index (χ0v) is 21.1. The quantitative estimate of drug-likeness (QED) is 0.373. The average Bonchev–Trinajstić information content (AvgIpc) is 2.86. The summed E-state index contributed by atoms with van der Waals surface area (Å²) in [6.45, 7) is 6.44. The van der Waals surface area contributed by atoms with Gasteiger partial charge in [-0.15, -0.1) is 0 Å². The number of aromatic nitrogens is 2. The third kappa shape index (κ3) is 4.56. The van der Waals surface area contributed by atoms with Crippen molar-refractivity contribution in [2.24, 2.45) is 0 Å². The molecule has 0 aliphatic carbocycles. The lowest BCUT2D eigenvalue weighted by atomic mass is 10.0. The van der Waals surface area contributed by atoms with Crippen molar-refractivity contribution < 1.29 is 17.9 Å². The molecule has 9 heteroatoms. The van der Waals surface area contributed by atoms with Crippen LogP contribution in [0.15, 0.2) is 60.0 Å². The minimum atomic E-state index is -3.54. The van der Waals surface area contributed by atoms with E-state index in [-0.39, 0.29) is 4.90 Å². The van der Waals surface area contributed by atoms with Crippen molar-refractivity contribution in [1.29, 1.82) is 0 Å². The summed E-state index contributed by atoms with van der Waals surface area (Å²) in [5, 5.41) is 0. The van der Waals surface area contributed by atoms with Gasteiger partial charge in [0.15, 0.2) is 5.82 Å². The van der Waals surface area contributed by atoms with Crippen LogP contribution >= 0.6 is 0 Å². The highest BCUT2D eigenvalue weighted by atomic mass is 32.2. The molecular formula is C26H28N4O4S. The van der Waals surface area contributed by atoms with Crippen molar-refractivity contribution in [3.8, 4) is 0 Å². The van der Waals surface area contributed by atoms with Gasteiger partial charge in [0, 0.05) is 26.3 Å². The number of ether oxygens (including phenoxy) is 1. The Morgan fingerprint density at radius 2 is 1.91 bits per heavy atom. The molecule has 0 unspecified atom stereocenters. The van der Waals surface area contributed by atoms with E-state index in [1.54, 1.807) is 36.4 Å². The number of benzene rings is 2. The summed E-state index contributed by atoms with van der Waals surface area (Å²) in [6, 6.07) is 10.3. The van der Waals surface area contributed by atoms with Crippen LogP contribution in [0.1, 0.15) is 35.0 Å². The fourth-order valence-electron chi connectivity index (χ4n) is 4.16. The summed E-state index contributed by atoms with van der Waals surface area (Å²) >= 11 is 0. The van der Waals surface area contributed by atoms with Gasteiger partial charge in [-0.05, 0) is 67.3 Å². The molecule has 182 valence electrons. The zero-order valence-electron chi connectivity index (χ0n) is 20.3. The number of hydrogen-bond acceptors (Lipinski definition) is 7. The van der Waals surface area contributed by atoms with Crippen LogP contribution in [-0.4, -0.2) is 56.4 Å². The lowest BCUT2D eigenvalue weighted by molar-refractivity contribution is 0.0601. The second-order valence-corrected chi connectivity index (χ2v) is 10.7. The van der Waals surface area contributed by atoms with E-state index in [1.165, 1.54) is 25.5 Å². The van der Waals surface area contributed by atoms with Gasteiger partial charge < -0.3 is 9.64 Å². The molecule has 0 amide bonds. The number of anilines is 2. The monoisotopic (exact) mass is 492 g/mol. The Kier molecular flexibility index (Phi) is 6.73. The molecule has 0 atom stereocenters. The maximum atomic E-state index is 12.7. The fraction of sp³-hybridized carbons (Fsp3) is 0.269. The predicted molar refractivity (Wildman–Crippen MR) is 137 cm³/mol. The van der Waals surface area contributed by atoms with Crippen LogP contribution in [-0.2, 0) is 21.2 Å².